The van der Waals surface area contributed by atoms with Gasteiger partial charge in [-0.2, -0.15) is 4.98 Å². The molecule has 0 bridgehead atoms. The van der Waals surface area contributed by atoms with Gasteiger partial charge in [0, 0.05) is 16.5 Å². The van der Waals surface area contributed by atoms with Crippen molar-refractivity contribution in [2.75, 3.05) is 5.73 Å². The van der Waals surface area contributed by atoms with Gasteiger partial charge in [0.25, 0.3) is 0 Å². The zero-order valence-electron chi connectivity index (χ0n) is 10.2. The number of nitrogens with zero attached hydrogens (tertiary/aromatic N) is 2. The van der Waals surface area contributed by atoms with Crippen LogP contribution in [0.4, 0.5) is 10.1 Å². The van der Waals surface area contributed by atoms with Crippen molar-refractivity contribution in [1.29, 1.82) is 0 Å². The van der Waals surface area contributed by atoms with Gasteiger partial charge in [0.2, 0.25) is 5.89 Å². The summed E-state index contributed by atoms with van der Waals surface area (Å²) in [7, 11) is 0. The van der Waals surface area contributed by atoms with E-state index in [0.29, 0.717) is 28.1 Å². The lowest BCUT2D eigenvalue weighted by molar-refractivity contribution is 0.383. The van der Waals surface area contributed by atoms with E-state index in [0.717, 1.165) is 0 Å². The minimum atomic E-state index is -0.305. The minimum absolute atomic E-state index is 0.228. The first-order valence-electron chi connectivity index (χ1n) is 5.56. The molecule has 0 radical (unpaired) electrons. The molecule has 1 aromatic carbocycles. The van der Waals surface area contributed by atoms with Gasteiger partial charge in [-0.15, -0.1) is 11.8 Å². The van der Waals surface area contributed by atoms with Gasteiger partial charge in [-0.3, -0.25) is 0 Å². The molecule has 0 aliphatic carbocycles. The van der Waals surface area contributed by atoms with Crippen molar-refractivity contribution in [3.8, 4) is 0 Å². The van der Waals surface area contributed by atoms with Crippen molar-refractivity contribution in [2.45, 2.75) is 30.4 Å². The van der Waals surface area contributed by atoms with E-state index >= 15 is 0 Å². The summed E-state index contributed by atoms with van der Waals surface area (Å²) in [5, 5.41) is 3.86. The molecule has 4 nitrogen and oxygen atoms in total. The second-order valence-electron chi connectivity index (χ2n) is 4.17. The third kappa shape index (κ3) is 3.01. The van der Waals surface area contributed by atoms with Crippen LogP contribution >= 0.6 is 11.8 Å². The standard InChI is InChI=1S/C12H14FN3OS/c1-7(2)12-15-11(17-16-12)6-18-10-5-8(13)3-4-9(10)14/h3-5,7H,6,14H2,1-2H3. The Hall–Kier alpha value is -1.56. The van der Waals surface area contributed by atoms with Gasteiger partial charge >= 0.3 is 0 Å². The average molecular weight is 267 g/mol. The topological polar surface area (TPSA) is 64.9 Å². The quantitative estimate of drug-likeness (QED) is 0.680. The number of thioether (sulfide) groups is 1. The van der Waals surface area contributed by atoms with Crippen LogP contribution in [0.1, 0.15) is 31.5 Å². The lowest BCUT2D eigenvalue weighted by Crippen LogP contribution is -1.91. The predicted octanol–water partition coefficient (Wildman–Crippen LogP) is 3.21. The smallest absolute Gasteiger partial charge is 0.237 e. The highest BCUT2D eigenvalue weighted by Gasteiger charge is 2.10. The molecule has 2 rings (SSSR count). The normalized spacial score (nSPS) is 11.1. The molecule has 0 unspecified atom stereocenters. The number of hydrogen-bond donors (Lipinski definition) is 1. The largest absolute Gasteiger partial charge is 0.398 e. The molecule has 0 atom stereocenters. The van der Waals surface area contributed by atoms with E-state index in [1.165, 1.54) is 23.9 Å². The maximum atomic E-state index is 13.1. The Morgan fingerprint density at radius 3 is 2.89 bits per heavy atom. The van der Waals surface area contributed by atoms with Crippen LogP contribution in [-0.4, -0.2) is 10.1 Å². The molecule has 2 aromatic rings. The highest BCUT2D eigenvalue weighted by atomic mass is 32.2. The van der Waals surface area contributed by atoms with Crippen LogP contribution in [-0.2, 0) is 5.75 Å². The molecule has 0 amide bonds. The SMILES string of the molecule is CC(C)c1noc(CSc2cc(F)ccc2N)n1. The summed E-state index contributed by atoms with van der Waals surface area (Å²) in [5.41, 5.74) is 6.30. The molecule has 0 spiro atoms. The van der Waals surface area contributed by atoms with Crippen molar-refractivity contribution in [2.24, 2.45) is 0 Å². The van der Waals surface area contributed by atoms with Gasteiger partial charge in [-0.25, -0.2) is 4.39 Å². The van der Waals surface area contributed by atoms with Crippen molar-refractivity contribution in [1.82, 2.24) is 10.1 Å². The second-order valence-corrected chi connectivity index (χ2v) is 5.19. The number of nitrogens with two attached hydrogens (primary N) is 1. The Balaban J connectivity index is 2.04. The molecular formula is C12H14FN3OS. The third-order valence-electron chi connectivity index (χ3n) is 2.33. The van der Waals surface area contributed by atoms with Crippen LogP contribution in [0.3, 0.4) is 0 Å². The van der Waals surface area contributed by atoms with E-state index in [2.05, 4.69) is 10.1 Å². The van der Waals surface area contributed by atoms with Crippen LogP contribution in [0.25, 0.3) is 0 Å². The predicted molar refractivity (Wildman–Crippen MR) is 68.8 cm³/mol. The third-order valence-corrected chi connectivity index (χ3v) is 3.38. The zero-order valence-corrected chi connectivity index (χ0v) is 11.0. The molecular weight excluding hydrogens is 253 g/mol. The summed E-state index contributed by atoms with van der Waals surface area (Å²) in [5.74, 6) is 1.60. The average Bonchev–Trinajstić information content (AvgIpc) is 2.79. The number of aromatic nitrogens is 2. The van der Waals surface area contributed by atoms with Crippen molar-refractivity contribution < 1.29 is 8.91 Å². The molecule has 0 fully saturated rings. The maximum absolute atomic E-state index is 13.1. The van der Waals surface area contributed by atoms with E-state index in [4.69, 9.17) is 10.3 Å². The van der Waals surface area contributed by atoms with Crippen LogP contribution in [0, 0.1) is 5.82 Å². The van der Waals surface area contributed by atoms with Gasteiger partial charge in [0.15, 0.2) is 5.82 Å². The molecule has 0 saturated carbocycles. The van der Waals surface area contributed by atoms with Gasteiger partial charge in [0.1, 0.15) is 5.82 Å². The summed E-state index contributed by atoms with van der Waals surface area (Å²) >= 11 is 1.38. The molecule has 1 aromatic heterocycles. The van der Waals surface area contributed by atoms with E-state index in [1.54, 1.807) is 6.07 Å². The number of rotatable bonds is 4. The van der Waals surface area contributed by atoms with Gasteiger partial charge < -0.3 is 10.3 Å². The van der Waals surface area contributed by atoms with Crippen molar-refractivity contribution in [3.63, 3.8) is 0 Å². The van der Waals surface area contributed by atoms with Crippen LogP contribution in [0.5, 0.6) is 0 Å². The van der Waals surface area contributed by atoms with Crippen LogP contribution in [0.15, 0.2) is 27.6 Å². The monoisotopic (exact) mass is 267 g/mol. The first-order valence-corrected chi connectivity index (χ1v) is 6.55. The summed E-state index contributed by atoms with van der Waals surface area (Å²) in [6.07, 6.45) is 0. The first-order chi connectivity index (χ1) is 8.56. The van der Waals surface area contributed by atoms with Gasteiger partial charge in [0.05, 0.1) is 5.75 Å². The minimum Gasteiger partial charge on any atom is -0.398 e. The number of anilines is 1. The maximum Gasteiger partial charge on any atom is 0.237 e. The highest BCUT2D eigenvalue weighted by molar-refractivity contribution is 7.98. The lowest BCUT2D eigenvalue weighted by Gasteiger charge is -2.02. The summed E-state index contributed by atoms with van der Waals surface area (Å²) in [6, 6.07) is 4.29. The Bertz CT molecular complexity index is 542. The summed E-state index contributed by atoms with van der Waals surface area (Å²) in [6.45, 7) is 3.98. The van der Waals surface area contributed by atoms with Crippen molar-refractivity contribution >= 4 is 17.4 Å². The lowest BCUT2D eigenvalue weighted by atomic mass is 10.2. The molecule has 1 heterocycles. The number of benzene rings is 1. The molecule has 6 heteroatoms. The fraction of sp³-hybridized carbons (Fsp3) is 0.333. The molecule has 0 aliphatic heterocycles. The molecule has 96 valence electrons. The Morgan fingerprint density at radius 2 is 2.22 bits per heavy atom. The number of hydrogen-bond acceptors (Lipinski definition) is 5. The van der Waals surface area contributed by atoms with E-state index < -0.39 is 0 Å². The van der Waals surface area contributed by atoms with Crippen molar-refractivity contribution in [3.05, 3.63) is 35.7 Å². The molecule has 0 saturated heterocycles. The van der Waals surface area contributed by atoms with Gasteiger partial charge in [-0.05, 0) is 18.2 Å². The molecule has 18 heavy (non-hydrogen) atoms. The molecule has 2 N–H and O–H groups in total. The summed E-state index contributed by atoms with van der Waals surface area (Å²) in [4.78, 5) is 4.92. The zero-order chi connectivity index (χ0) is 13.1. The summed E-state index contributed by atoms with van der Waals surface area (Å²) < 4.78 is 18.2. The van der Waals surface area contributed by atoms with E-state index in [1.807, 2.05) is 13.8 Å². The highest BCUT2D eigenvalue weighted by Crippen LogP contribution is 2.28. The van der Waals surface area contributed by atoms with Crippen LogP contribution in [0.2, 0.25) is 0 Å². The van der Waals surface area contributed by atoms with Gasteiger partial charge in [-0.1, -0.05) is 19.0 Å². The fourth-order valence-corrected chi connectivity index (χ4v) is 2.16. The number of halogens is 1. The molecule has 0 aliphatic rings. The number of nitrogen functional groups attached to an aromatic ring is 1. The van der Waals surface area contributed by atoms with E-state index in [-0.39, 0.29) is 11.7 Å². The second kappa shape index (κ2) is 5.39. The Labute approximate surface area is 109 Å². The Morgan fingerprint density at radius 1 is 1.44 bits per heavy atom. The Kier molecular flexibility index (Phi) is 3.86. The van der Waals surface area contributed by atoms with E-state index in [9.17, 15) is 4.39 Å². The fourth-order valence-electron chi connectivity index (χ4n) is 1.33. The van der Waals surface area contributed by atoms with Crippen LogP contribution < -0.4 is 5.73 Å². The first kappa shape index (κ1) is 12.9.